The predicted molar refractivity (Wildman–Crippen MR) is 116 cm³/mol. The summed E-state index contributed by atoms with van der Waals surface area (Å²) in [5.74, 6) is 0.288. The maximum Gasteiger partial charge on any atom is 0.227 e. The fourth-order valence-corrected chi connectivity index (χ4v) is 4.36. The molecule has 4 nitrogen and oxygen atoms in total. The minimum Gasteiger partial charge on any atom is -0.372 e. The third-order valence-corrected chi connectivity index (χ3v) is 6.22. The number of nitrogens with zero attached hydrogens (tertiary/aromatic N) is 2. The molecule has 0 bridgehead atoms. The number of amides is 1. The van der Waals surface area contributed by atoms with E-state index in [1.807, 2.05) is 12.1 Å². The number of hydrogen-bond acceptors (Lipinski definition) is 3. The van der Waals surface area contributed by atoms with Crippen molar-refractivity contribution < 1.29 is 4.79 Å². The molecule has 2 heterocycles. The number of rotatable bonds is 5. The second-order valence-electron chi connectivity index (χ2n) is 8.21. The smallest absolute Gasteiger partial charge is 0.227 e. The van der Waals surface area contributed by atoms with E-state index in [0.29, 0.717) is 0 Å². The molecule has 1 amide bonds. The SMILES string of the molecule is Cc1ccccc1CN1CCC(C(=O)Nc2ccc(N3CCCC3)cc2)CC1. The molecular formula is C24H31N3O. The molecule has 0 atom stereocenters. The molecule has 2 aromatic rings. The Bertz CT molecular complexity index is 788. The van der Waals surface area contributed by atoms with E-state index >= 15 is 0 Å². The van der Waals surface area contributed by atoms with Crippen LogP contribution in [0.1, 0.15) is 36.8 Å². The van der Waals surface area contributed by atoms with Gasteiger partial charge in [-0.3, -0.25) is 9.69 Å². The first-order chi connectivity index (χ1) is 13.7. The van der Waals surface area contributed by atoms with E-state index < -0.39 is 0 Å². The van der Waals surface area contributed by atoms with Gasteiger partial charge in [-0.25, -0.2) is 0 Å². The van der Waals surface area contributed by atoms with Gasteiger partial charge in [-0.15, -0.1) is 0 Å². The van der Waals surface area contributed by atoms with Crippen LogP contribution in [0.5, 0.6) is 0 Å². The fraction of sp³-hybridized carbons (Fsp3) is 0.458. The van der Waals surface area contributed by atoms with Crippen LogP contribution in [0.25, 0.3) is 0 Å². The van der Waals surface area contributed by atoms with Crippen molar-refractivity contribution in [3.63, 3.8) is 0 Å². The van der Waals surface area contributed by atoms with Crippen molar-refractivity contribution >= 4 is 17.3 Å². The maximum absolute atomic E-state index is 12.7. The lowest BCUT2D eigenvalue weighted by Gasteiger charge is -2.31. The van der Waals surface area contributed by atoms with E-state index in [1.54, 1.807) is 0 Å². The molecule has 148 valence electrons. The first-order valence-electron chi connectivity index (χ1n) is 10.6. The number of aryl methyl sites for hydroxylation is 1. The number of benzene rings is 2. The van der Waals surface area contributed by atoms with Gasteiger partial charge in [-0.05, 0) is 81.1 Å². The second-order valence-corrected chi connectivity index (χ2v) is 8.21. The quantitative estimate of drug-likeness (QED) is 0.836. The van der Waals surface area contributed by atoms with E-state index in [0.717, 1.165) is 51.3 Å². The molecule has 0 aliphatic carbocycles. The van der Waals surface area contributed by atoms with Crippen molar-refractivity contribution in [3.8, 4) is 0 Å². The van der Waals surface area contributed by atoms with Gasteiger partial charge in [0.05, 0.1) is 0 Å². The van der Waals surface area contributed by atoms with Gasteiger partial charge >= 0.3 is 0 Å². The van der Waals surface area contributed by atoms with Crippen molar-refractivity contribution in [2.45, 2.75) is 39.2 Å². The summed E-state index contributed by atoms with van der Waals surface area (Å²) in [6.45, 7) is 7.42. The zero-order chi connectivity index (χ0) is 19.3. The normalized spacial score (nSPS) is 18.4. The fourth-order valence-electron chi connectivity index (χ4n) is 4.36. The van der Waals surface area contributed by atoms with Crippen LogP contribution in [0.3, 0.4) is 0 Å². The zero-order valence-corrected chi connectivity index (χ0v) is 16.9. The third-order valence-electron chi connectivity index (χ3n) is 6.22. The Morgan fingerprint density at radius 1 is 0.964 bits per heavy atom. The van der Waals surface area contributed by atoms with Crippen molar-refractivity contribution in [1.82, 2.24) is 4.90 Å². The molecule has 4 rings (SSSR count). The van der Waals surface area contributed by atoms with E-state index in [9.17, 15) is 4.79 Å². The molecule has 2 fully saturated rings. The summed E-state index contributed by atoms with van der Waals surface area (Å²) in [6.07, 6.45) is 4.43. The first kappa shape index (κ1) is 19.0. The minimum atomic E-state index is 0.117. The van der Waals surface area contributed by atoms with Crippen molar-refractivity contribution in [1.29, 1.82) is 0 Å². The molecule has 1 N–H and O–H groups in total. The van der Waals surface area contributed by atoms with Crippen LogP contribution in [0.4, 0.5) is 11.4 Å². The molecule has 0 unspecified atom stereocenters. The van der Waals surface area contributed by atoms with Gasteiger partial charge in [-0.1, -0.05) is 24.3 Å². The molecule has 4 heteroatoms. The number of anilines is 2. The average Bonchev–Trinajstić information content (AvgIpc) is 3.26. The third kappa shape index (κ3) is 4.56. The van der Waals surface area contributed by atoms with Gasteiger partial charge in [0.15, 0.2) is 0 Å². The first-order valence-corrected chi connectivity index (χ1v) is 10.6. The Hall–Kier alpha value is -2.33. The number of nitrogens with one attached hydrogen (secondary N) is 1. The van der Waals surface area contributed by atoms with Crippen LogP contribution in [-0.2, 0) is 11.3 Å². The van der Waals surface area contributed by atoms with Gasteiger partial charge in [0.1, 0.15) is 0 Å². The largest absolute Gasteiger partial charge is 0.372 e. The van der Waals surface area contributed by atoms with Crippen LogP contribution in [0.2, 0.25) is 0 Å². The van der Waals surface area contributed by atoms with Gasteiger partial charge in [0, 0.05) is 36.9 Å². The lowest BCUT2D eigenvalue weighted by atomic mass is 9.95. The van der Waals surface area contributed by atoms with Crippen molar-refractivity contribution in [3.05, 3.63) is 59.7 Å². The van der Waals surface area contributed by atoms with Crippen LogP contribution in [0.15, 0.2) is 48.5 Å². The molecule has 28 heavy (non-hydrogen) atoms. The Kier molecular flexibility index (Phi) is 5.96. The molecule has 0 aromatic heterocycles. The van der Waals surface area contributed by atoms with E-state index in [4.69, 9.17) is 0 Å². The van der Waals surface area contributed by atoms with E-state index in [-0.39, 0.29) is 11.8 Å². The monoisotopic (exact) mass is 377 g/mol. The molecule has 2 aliphatic heterocycles. The summed E-state index contributed by atoms with van der Waals surface area (Å²) < 4.78 is 0. The lowest BCUT2D eigenvalue weighted by Crippen LogP contribution is -2.37. The molecule has 2 aromatic carbocycles. The van der Waals surface area contributed by atoms with Gasteiger partial charge in [-0.2, -0.15) is 0 Å². The van der Waals surface area contributed by atoms with E-state index in [1.165, 1.54) is 29.7 Å². The lowest BCUT2D eigenvalue weighted by molar-refractivity contribution is -0.121. The molecule has 0 radical (unpaired) electrons. The van der Waals surface area contributed by atoms with Crippen LogP contribution < -0.4 is 10.2 Å². The summed E-state index contributed by atoms with van der Waals surface area (Å²) in [4.78, 5) is 17.6. The Morgan fingerprint density at radius 3 is 2.32 bits per heavy atom. The standard InChI is InChI=1S/C24H31N3O/c1-19-6-2-3-7-21(19)18-26-16-12-20(13-17-26)24(28)25-22-8-10-23(11-9-22)27-14-4-5-15-27/h2-3,6-11,20H,4-5,12-18H2,1H3,(H,25,28). The maximum atomic E-state index is 12.7. The van der Waals surface area contributed by atoms with Crippen molar-refractivity contribution in [2.75, 3.05) is 36.4 Å². The van der Waals surface area contributed by atoms with Crippen LogP contribution >= 0.6 is 0 Å². The molecule has 2 saturated heterocycles. The minimum absolute atomic E-state index is 0.117. The van der Waals surface area contributed by atoms with Gasteiger partial charge < -0.3 is 10.2 Å². The Labute approximate surface area is 168 Å². The average molecular weight is 378 g/mol. The highest BCUT2D eigenvalue weighted by atomic mass is 16.1. The van der Waals surface area contributed by atoms with Crippen LogP contribution in [-0.4, -0.2) is 37.0 Å². The summed E-state index contributed by atoms with van der Waals surface area (Å²) >= 11 is 0. The Morgan fingerprint density at radius 2 is 1.64 bits per heavy atom. The molecular weight excluding hydrogens is 346 g/mol. The number of likely N-dealkylation sites (tertiary alicyclic amines) is 1. The van der Waals surface area contributed by atoms with Gasteiger partial charge in [0.2, 0.25) is 5.91 Å². The highest BCUT2D eigenvalue weighted by Gasteiger charge is 2.25. The zero-order valence-electron chi connectivity index (χ0n) is 16.9. The Balaban J connectivity index is 1.26. The highest BCUT2D eigenvalue weighted by molar-refractivity contribution is 5.92. The topological polar surface area (TPSA) is 35.6 Å². The highest BCUT2D eigenvalue weighted by Crippen LogP contribution is 2.24. The number of piperidine rings is 1. The van der Waals surface area contributed by atoms with E-state index in [2.05, 4.69) is 58.4 Å². The van der Waals surface area contributed by atoms with Crippen LogP contribution in [0, 0.1) is 12.8 Å². The molecule has 2 aliphatic rings. The predicted octanol–water partition coefficient (Wildman–Crippen LogP) is 4.45. The second kappa shape index (κ2) is 8.78. The summed E-state index contributed by atoms with van der Waals surface area (Å²) in [6, 6.07) is 16.9. The van der Waals surface area contributed by atoms with Crippen molar-refractivity contribution in [2.24, 2.45) is 5.92 Å². The summed E-state index contributed by atoms with van der Waals surface area (Å²) in [5, 5.41) is 3.13. The molecule has 0 saturated carbocycles. The number of carbonyl (C=O) groups excluding carboxylic acids is 1. The number of hydrogen-bond donors (Lipinski definition) is 1. The summed E-state index contributed by atoms with van der Waals surface area (Å²) in [7, 11) is 0. The molecule has 0 spiro atoms. The van der Waals surface area contributed by atoms with Gasteiger partial charge in [0.25, 0.3) is 0 Å². The number of carbonyl (C=O) groups is 1. The summed E-state index contributed by atoms with van der Waals surface area (Å²) in [5.41, 5.74) is 4.92.